The largest absolute Gasteiger partial charge is 0.384 e. The van der Waals surface area contributed by atoms with Crippen molar-refractivity contribution >= 4 is 11.0 Å². The van der Waals surface area contributed by atoms with Gasteiger partial charge in [0.05, 0.1) is 11.0 Å². The number of aliphatic hydroxyl groups excluding tert-OH is 1. The van der Waals surface area contributed by atoms with Gasteiger partial charge in [-0.15, -0.1) is 0 Å². The Morgan fingerprint density at radius 2 is 2.18 bits per heavy atom. The van der Waals surface area contributed by atoms with Crippen molar-refractivity contribution in [3.8, 4) is 0 Å². The summed E-state index contributed by atoms with van der Waals surface area (Å²) < 4.78 is 15.0. The summed E-state index contributed by atoms with van der Waals surface area (Å²) in [4.78, 5) is 4.26. The van der Waals surface area contributed by atoms with Crippen LogP contribution in [0.15, 0.2) is 18.2 Å². The van der Waals surface area contributed by atoms with E-state index in [-0.39, 0.29) is 18.4 Å². The second kappa shape index (κ2) is 4.43. The number of hydrogen-bond acceptors (Lipinski definition) is 3. The lowest BCUT2D eigenvalue weighted by Gasteiger charge is -2.15. The van der Waals surface area contributed by atoms with Gasteiger partial charge in [0.15, 0.2) is 0 Å². The fourth-order valence-electron chi connectivity index (χ4n) is 1.97. The summed E-state index contributed by atoms with van der Waals surface area (Å²) in [5.41, 5.74) is 6.80. The number of aliphatic hydroxyl groups is 1. The number of benzene rings is 1. The molecule has 0 aliphatic rings. The maximum atomic E-state index is 13.1. The molecule has 0 bridgehead atoms. The Balaban J connectivity index is 2.70. The molecule has 17 heavy (non-hydrogen) atoms. The zero-order valence-corrected chi connectivity index (χ0v) is 9.89. The van der Waals surface area contributed by atoms with E-state index >= 15 is 0 Å². The zero-order chi connectivity index (χ0) is 12.6. The van der Waals surface area contributed by atoms with Crippen LogP contribution >= 0.6 is 0 Å². The number of imidazole rings is 1. The van der Waals surface area contributed by atoms with Crippen LogP contribution in [0, 0.1) is 5.82 Å². The monoisotopic (exact) mass is 237 g/mol. The molecule has 5 heteroatoms. The lowest BCUT2D eigenvalue weighted by atomic mass is 10.2. The predicted octanol–water partition coefficient (Wildman–Crippen LogP) is 1.75. The van der Waals surface area contributed by atoms with Crippen molar-refractivity contribution in [2.24, 2.45) is 5.73 Å². The Kier molecular flexibility index (Phi) is 3.13. The van der Waals surface area contributed by atoms with Crippen LogP contribution in [0.25, 0.3) is 11.0 Å². The molecule has 2 rings (SSSR count). The van der Waals surface area contributed by atoms with E-state index in [2.05, 4.69) is 4.98 Å². The third-order valence-electron chi connectivity index (χ3n) is 2.72. The average molecular weight is 237 g/mol. The molecule has 4 nitrogen and oxygen atoms in total. The van der Waals surface area contributed by atoms with Crippen LogP contribution < -0.4 is 5.73 Å². The maximum Gasteiger partial charge on any atom is 0.140 e. The Hall–Kier alpha value is -1.46. The summed E-state index contributed by atoms with van der Waals surface area (Å²) in [6, 6.07) is 4.55. The van der Waals surface area contributed by atoms with E-state index in [4.69, 9.17) is 5.73 Å². The molecule has 1 aromatic carbocycles. The fraction of sp³-hybridized carbons (Fsp3) is 0.417. The molecule has 0 saturated carbocycles. The Morgan fingerprint density at radius 1 is 1.47 bits per heavy atom. The summed E-state index contributed by atoms with van der Waals surface area (Å²) in [7, 11) is 0. The van der Waals surface area contributed by atoms with Crippen molar-refractivity contribution in [3.05, 3.63) is 29.8 Å². The third kappa shape index (κ3) is 2.03. The van der Waals surface area contributed by atoms with E-state index < -0.39 is 6.10 Å². The SMILES string of the molecule is CC(C)n1c(C(O)CN)nc2cc(F)ccc21. The van der Waals surface area contributed by atoms with Crippen molar-refractivity contribution in [2.75, 3.05) is 6.54 Å². The van der Waals surface area contributed by atoms with E-state index in [1.165, 1.54) is 12.1 Å². The second-order valence-corrected chi connectivity index (χ2v) is 4.32. The molecule has 0 spiro atoms. The summed E-state index contributed by atoms with van der Waals surface area (Å²) in [6.45, 7) is 4.06. The standard InChI is InChI=1S/C12H16FN3O/c1-7(2)16-10-4-3-8(13)5-9(10)15-12(16)11(17)6-14/h3-5,7,11,17H,6,14H2,1-2H3. The van der Waals surface area contributed by atoms with Crippen LogP contribution in [0.2, 0.25) is 0 Å². The first kappa shape index (κ1) is 12.0. The van der Waals surface area contributed by atoms with E-state index in [0.717, 1.165) is 5.52 Å². The molecule has 1 heterocycles. The van der Waals surface area contributed by atoms with Gasteiger partial charge in [0.25, 0.3) is 0 Å². The van der Waals surface area contributed by atoms with E-state index in [1.807, 2.05) is 18.4 Å². The molecule has 1 unspecified atom stereocenters. The first-order valence-corrected chi connectivity index (χ1v) is 5.60. The molecule has 0 radical (unpaired) electrons. The molecule has 0 aliphatic heterocycles. The minimum absolute atomic E-state index is 0.0958. The molecule has 0 fully saturated rings. The van der Waals surface area contributed by atoms with Crippen LogP contribution in [-0.4, -0.2) is 21.2 Å². The van der Waals surface area contributed by atoms with E-state index in [9.17, 15) is 9.50 Å². The predicted molar refractivity (Wildman–Crippen MR) is 64.1 cm³/mol. The first-order chi connectivity index (χ1) is 8.04. The third-order valence-corrected chi connectivity index (χ3v) is 2.72. The molecule has 92 valence electrons. The van der Waals surface area contributed by atoms with E-state index in [1.54, 1.807) is 6.07 Å². The second-order valence-electron chi connectivity index (χ2n) is 4.32. The van der Waals surface area contributed by atoms with Crippen LogP contribution in [0.4, 0.5) is 4.39 Å². The van der Waals surface area contributed by atoms with Crippen molar-refractivity contribution in [1.29, 1.82) is 0 Å². The van der Waals surface area contributed by atoms with Gasteiger partial charge in [-0.1, -0.05) is 0 Å². The van der Waals surface area contributed by atoms with Gasteiger partial charge in [-0.25, -0.2) is 9.37 Å². The number of aromatic nitrogens is 2. The average Bonchev–Trinajstić information content (AvgIpc) is 2.66. The highest BCUT2D eigenvalue weighted by atomic mass is 19.1. The Bertz CT molecular complexity index is 536. The Morgan fingerprint density at radius 3 is 2.76 bits per heavy atom. The van der Waals surface area contributed by atoms with Gasteiger partial charge in [-0.3, -0.25) is 0 Å². The van der Waals surface area contributed by atoms with Gasteiger partial charge in [0, 0.05) is 18.7 Å². The number of rotatable bonds is 3. The zero-order valence-electron chi connectivity index (χ0n) is 9.89. The summed E-state index contributed by atoms with van der Waals surface area (Å²) in [5.74, 6) is 0.155. The number of hydrogen-bond donors (Lipinski definition) is 2. The Labute approximate surface area is 98.9 Å². The quantitative estimate of drug-likeness (QED) is 0.854. The molecular formula is C12H16FN3O. The molecule has 0 aliphatic carbocycles. The molecule has 1 aromatic heterocycles. The normalized spacial score (nSPS) is 13.5. The lowest BCUT2D eigenvalue weighted by Crippen LogP contribution is -2.17. The summed E-state index contributed by atoms with van der Waals surface area (Å²) in [5, 5.41) is 9.83. The smallest absolute Gasteiger partial charge is 0.140 e. The summed E-state index contributed by atoms with van der Waals surface area (Å²) >= 11 is 0. The number of nitrogens with zero attached hydrogens (tertiary/aromatic N) is 2. The molecular weight excluding hydrogens is 221 g/mol. The van der Waals surface area contributed by atoms with Crippen LogP contribution in [0.5, 0.6) is 0 Å². The van der Waals surface area contributed by atoms with Crippen molar-refractivity contribution in [3.63, 3.8) is 0 Å². The van der Waals surface area contributed by atoms with Crippen molar-refractivity contribution in [2.45, 2.75) is 26.0 Å². The molecule has 0 amide bonds. The number of fused-ring (bicyclic) bond motifs is 1. The van der Waals surface area contributed by atoms with Gasteiger partial charge in [0.2, 0.25) is 0 Å². The molecule has 3 N–H and O–H groups in total. The fourth-order valence-corrected chi connectivity index (χ4v) is 1.97. The molecule has 2 aromatic rings. The highest BCUT2D eigenvalue weighted by molar-refractivity contribution is 5.76. The number of nitrogens with two attached hydrogens (primary N) is 1. The van der Waals surface area contributed by atoms with Gasteiger partial charge >= 0.3 is 0 Å². The van der Waals surface area contributed by atoms with E-state index in [0.29, 0.717) is 11.3 Å². The highest BCUT2D eigenvalue weighted by Gasteiger charge is 2.18. The number of halogens is 1. The van der Waals surface area contributed by atoms with Gasteiger partial charge in [0.1, 0.15) is 17.7 Å². The van der Waals surface area contributed by atoms with Crippen LogP contribution in [0.3, 0.4) is 0 Å². The van der Waals surface area contributed by atoms with Gasteiger partial charge in [-0.05, 0) is 26.0 Å². The van der Waals surface area contributed by atoms with Gasteiger partial charge in [-0.2, -0.15) is 0 Å². The van der Waals surface area contributed by atoms with Crippen LogP contribution in [0.1, 0.15) is 31.8 Å². The summed E-state index contributed by atoms with van der Waals surface area (Å²) in [6.07, 6.45) is -0.826. The first-order valence-electron chi connectivity index (χ1n) is 5.60. The topological polar surface area (TPSA) is 64.1 Å². The minimum atomic E-state index is -0.826. The lowest BCUT2D eigenvalue weighted by molar-refractivity contribution is 0.170. The molecule has 0 saturated heterocycles. The minimum Gasteiger partial charge on any atom is -0.384 e. The van der Waals surface area contributed by atoms with Gasteiger partial charge < -0.3 is 15.4 Å². The maximum absolute atomic E-state index is 13.1. The van der Waals surface area contributed by atoms with Crippen molar-refractivity contribution in [1.82, 2.24) is 9.55 Å². The molecule has 1 atom stereocenters. The van der Waals surface area contributed by atoms with Crippen LogP contribution in [-0.2, 0) is 0 Å². The van der Waals surface area contributed by atoms with Crippen molar-refractivity contribution < 1.29 is 9.50 Å². The highest BCUT2D eigenvalue weighted by Crippen LogP contribution is 2.25.